The Labute approximate surface area is 141 Å². The number of halogens is 1. The van der Waals surface area contributed by atoms with Gasteiger partial charge in [-0.05, 0) is 32.0 Å². The zero-order chi connectivity index (χ0) is 16.6. The van der Waals surface area contributed by atoms with Crippen molar-refractivity contribution in [3.05, 3.63) is 46.2 Å². The molecule has 1 atom stereocenters. The number of aromatic nitrogens is 3. The van der Waals surface area contributed by atoms with Crippen molar-refractivity contribution in [2.45, 2.75) is 24.8 Å². The summed E-state index contributed by atoms with van der Waals surface area (Å²) in [4.78, 5) is 11.8. The van der Waals surface area contributed by atoms with E-state index in [-0.39, 0.29) is 5.75 Å². The summed E-state index contributed by atoms with van der Waals surface area (Å²) in [5.74, 6) is 1.05. The summed E-state index contributed by atoms with van der Waals surface area (Å²) in [7, 11) is 0.295. The monoisotopic (exact) mass is 349 g/mol. The minimum atomic E-state index is -1.33. The van der Waals surface area contributed by atoms with Gasteiger partial charge in [-0.15, -0.1) is 0 Å². The van der Waals surface area contributed by atoms with Gasteiger partial charge in [0.15, 0.2) is 5.16 Å². The number of fused-ring (bicyclic) bond motifs is 1. The summed E-state index contributed by atoms with van der Waals surface area (Å²) in [5, 5.41) is 1.03. The Morgan fingerprint density at radius 3 is 2.87 bits per heavy atom. The fourth-order valence-corrected chi connectivity index (χ4v) is 3.75. The molecule has 2 heterocycles. The van der Waals surface area contributed by atoms with E-state index in [1.54, 1.807) is 31.5 Å². The zero-order valence-corrected chi connectivity index (χ0v) is 14.6. The van der Waals surface area contributed by atoms with Crippen LogP contribution < -0.4 is 4.74 Å². The Kier molecular flexibility index (Phi) is 4.37. The number of aryl methyl sites for hydroxylation is 1. The van der Waals surface area contributed by atoms with Crippen molar-refractivity contribution in [1.29, 1.82) is 0 Å². The fourth-order valence-electron chi connectivity index (χ4n) is 2.48. The molecule has 1 N–H and O–H groups in total. The van der Waals surface area contributed by atoms with Crippen molar-refractivity contribution < 1.29 is 8.95 Å². The molecule has 3 aromatic rings. The normalized spacial score (nSPS) is 12.5. The van der Waals surface area contributed by atoms with Gasteiger partial charge in [-0.3, -0.25) is 9.19 Å². The third-order valence-corrected chi connectivity index (χ3v) is 5.05. The maximum Gasteiger partial charge on any atom is 0.197 e. The summed E-state index contributed by atoms with van der Waals surface area (Å²) in [6, 6.07) is 5.32. The summed E-state index contributed by atoms with van der Waals surface area (Å²) in [6.45, 7) is 3.85. The molecule has 7 heteroatoms. The number of rotatable bonds is 4. The summed E-state index contributed by atoms with van der Waals surface area (Å²) < 4.78 is 18.0. The van der Waals surface area contributed by atoms with Gasteiger partial charge in [0.25, 0.3) is 0 Å². The van der Waals surface area contributed by atoms with Gasteiger partial charge in [0.2, 0.25) is 0 Å². The molecule has 0 amide bonds. The molecule has 0 saturated carbocycles. The van der Waals surface area contributed by atoms with Crippen molar-refractivity contribution in [1.82, 2.24) is 15.0 Å². The van der Waals surface area contributed by atoms with E-state index in [0.29, 0.717) is 10.2 Å². The Balaban J connectivity index is 1.91. The van der Waals surface area contributed by atoms with Crippen molar-refractivity contribution >= 4 is 33.4 Å². The molecule has 0 spiro atoms. The number of nitrogens with zero attached hydrogens (tertiary/aromatic N) is 2. The standard InChI is InChI=1S/C16H16ClN3O2S/c1-9-7-18-14(10(2)15(9)22-3)8-23(21)16-19-12-5-4-11(17)6-13(12)20-16/h4-7H,8H2,1-3H3,(H,19,20). The second-order valence-corrected chi connectivity index (χ2v) is 7.04. The van der Waals surface area contributed by atoms with Gasteiger partial charge in [0.05, 0.1) is 40.4 Å². The van der Waals surface area contributed by atoms with Gasteiger partial charge in [-0.2, -0.15) is 0 Å². The zero-order valence-electron chi connectivity index (χ0n) is 13.0. The fraction of sp³-hybridized carbons (Fsp3) is 0.250. The van der Waals surface area contributed by atoms with E-state index in [0.717, 1.165) is 33.6 Å². The number of imidazole rings is 1. The van der Waals surface area contributed by atoms with Gasteiger partial charge in [-0.1, -0.05) is 11.6 Å². The van der Waals surface area contributed by atoms with E-state index >= 15 is 0 Å². The molecule has 0 aliphatic heterocycles. The van der Waals surface area contributed by atoms with E-state index in [4.69, 9.17) is 16.3 Å². The minimum absolute atomic E-state index is 0.274. The predicted octanol–water partition coefficient (Wildman–Crippen LogP) is 3.54. The largest absolute Gasteiger partial charge is 0.496 e. The van der Waals surface area contributed by atoms with Crippen LogP contribution in [-0.4, -0.2) is 26.3 Å². The first-order chi connectivity index (χ1) is 11.0. The number of H-pyrrole nitrogens is 1. The number of nitrogens with one attached hydrogen (secondary N) is 1. The molecule has 2 aromatic heterocycles. The van der Waals surface area contributed by atoms with E-state index < -0.39 is 10.8 Å². The second kappa shape index (κ2) is 6.29. The number of aromatic amines is 1. The SMILES string of the molecule is COc1c(C)cnc(CS(=O)c2nc3ccc(Cl)cc3[nH]2)c1C. The molecule has 23 heavy (non-hydrogen) atoms. The highest BCUT2D eigenvalue weighted by molar-refractivity contribution is 7.84. The predicted molar refractivity (Wildman–Crippen MR) is 91.5 cm³/mol. The van der Waals surface area contributed by atoms with Gasteiger partial charge >= 0.3 is 0 Å². The lowest BCUT2D eigenvalue weighted by Gasteiger charge is -2.11. The summed E-state index contributed by atoms with van der Waals surface area (Å²) in [6.07, 6.45) is 1.73. The van der Waals surface area contributed by atoms with Crippen LogP contribution in [0.5, 0.6) is 5.75 Å². The van der Waals surface area contributed by atoms with Crippen LogP contribution in [0.2, 0.25) is 5.02 Å². The van der Waals surface area contributed by atoms with E-state index in [1.165, 1.54) is 0 Å². The second-order valence-electron chi connectivity index (χ2n) is 5.24. The number of hydrogen-bond acceptors (Lipinski definition) is 4. The molecule has 0 bridgehead atoms. The summed E-state index contributed by atoms with van der Waals surface area (Å²) >= 11 is 5.96. The lowest BCUT2D eigenvalue weighted by Crippen LogP contribution is -2.05. The van der Waals surface area contributed by atoms with Crippen molar-refractivity contribution in [3.63, 3.8) is 0 Å². The smallest absolute Gasteiger partial charge is 0.197 e. The number of benzene rings is 1. The average molecular weight is 350 g/mol. The molecule has 0 aliphatic carbocycles. The number of hydrogen-bond donors (Lipinski definition) is 1. The Bertz CT molecular complexity index is 908. The molecular weight excluding hydrogens is 334 g/mol. The molecule has 1 aromatic carbocycles. The van der Waals surface area contributed by atoms with E-state index in [2.05, 4.69) is 15.0 Å². The van der Waals surface area contributed by atoms with Gasteiger partial charge in [0, 0.05) is 22.3 Å². The lowest BCUT2D eigenvalue weighted by molar-refractivity contribution is 0.407. The van der Waals surface area contributed by atoms with Crippen molar-refractivity contribution in [2.24, 2.45) is 0 Å². The average Bonchev–Trinajstić information content (AvgIpc) is 2.93. The maximum atomic E-state index is 12.6. The number of pyridine rings is 1. The molecular formula is C16H16ClN3O2S. The quantitative estimate of drug-likeness (QED) is 0.782. The molecule has 1 unspecified atom stereocenters. The highest BCUT2D eigenvalue weighted by Gasteiger charge is 2.16. The van der Waals surface area contributed by atoms with Crippen LogP contribution in [0.3, 0.4) is 0 Å². The van der Waals surface area contributed by atoms with Gasteiger partial charge in [-0.25, -0.2) is 4.98 Å². The molecule has 120 valence electrons. The topological polar surface area (TPSA) is 67.9 Å². The molecule has 0 fully saturated rings. The summed E-state index contributed by atoms with van der Waals surface area (Å²) in [5.41, 5.74) is 4.11. The lowest BCUT2D eigenvalue weighted by atomic mass is 10.1. The number of ether oxygens (including phenoxy) is 1. The molecule has 3 rings (SSSR count). The van der Waals surface area contributed by atoms with Crippen LogP contribution in [0.25, 0.3) is 11.0 Å². The van der Waals surface area contributed by atoms with E-state index in [1.807, 2.05) is 13.8 Å². The van der Waals surface area contributed by atoms with Crippen LogP contribution in [0.15, 0.2) is 29.6 Å². The first-order valence-corrected chi connectivity index (χ1v) is 8.72. The minimum Gasteiger partial charge on any atom is -0.496 e. The van der Waals surface area contributed by atoms with Crippen LogP contribution >= 0.6 is 11.6 Å². The Morgan fingerprint density at radius 1 is 1.35 bits per heavy atom. The Hall–Kier alpha value is -1.92. The molecule has 0 aliphatic rings. The Morgan fingerprint density at radius 2 is 2.13 bits per heavy atom. The highest BCUT2D eigenvalue weighted by Crippen LogP contribution is 2.26. The van der Waals surface area contributed by atoms with Crippen LogP contribution in [-0.2, 0) is 16.6 Å². The molecule has 0 radical (unpaired) electrons. The van der Waals surface area contributed by atoms with Crippen LogP contribution in [0, 0.1) is 13.8 Å². The van der Waals surface area contributed by atoms with Gasteiger partial charge in [0.1, 0.15) is 5.75 Å². The van der Waals surface area contributed by atoms with E-state index in [9.17, 15) is 4.21 Å². The maximum absolute atomic E-state index is 12.6. The van der Waals surface area contributed by atoms with Crippen molar-refractivity contribution in [2.75, 3.05) is 7.11 Å². The van der Waals surface area contributed by atoms with Gasteiger partial charge < -0.3 is 9.72 Å². The highest BCUT2D eigenvalue weighted by atomic mass is 35.5. The molecule has 5 nitrogen and oxygen atoms in total. The van der Waals surface area contributed by atoms with Crippen molar-refractivity contribution in [3.8, 4) is 5.75 Å². The van der Waals surface area contributed by atoms with Crippen LogP contribution in [0.1, 0.15) is 16.8 Å². The third kappa shape index (κ3) is 3.09. The first-order valence-electron chi connectivity index (χ1n) is 7.02. The molecule has 0 saturated heterocycles. The first kappa shape index (κ1) is 16.0. The van der Waals surface area contributed by atoms with Crippen LogP contribution in [0.4, 0.5) is 0 Å². The number of methoxy groups -OCH3 is 1. The third-order valence-electron chi connectivity index (χ3n) is 3.66.